The summed E-state index contributed by atoms with van der Waals surface area (Å²) < 4.78 is 4.94. The van der Waals surface area contributed by atoms with Crippen LogP contribution in [0.2, 0.25) is 0 Å². The molecule has 0 saturated carbocycles. The number of amides is 1. The Kier molecular flexibility index (Phi) is 4.34. The summed E-state index contributed by atoms with van der Waals surface area (Å²) in [6.07, 6.45) is 1.44. The van der Waals surface area contributed by atoms with E-state index >= 15 is 0 Å². The Morgan fingerprint density at radius 2 is 2.00 bits per heavy atom. The molecule has 0 aromatic heterocycles. The molecule has 5 heteroatoms. The van der Waals surface area contributed by atoms with Gasteiger partial charge in [0, 0.05) is 5.56 Å². The van der Waals surface area contributed by atoms with Crippen LogP contribution >= 0.6 is 0 Å². The molecule has 0 unspecified atom stereocenters. The normalized spacial score (nSPS) is 10.4. The summed E-state index contributed by atoms with van der Waals surface area (Å²) in [4.78, 5) is 11.7. The van der Waals surface area contributed by atoms with Gasteiger partial charge in [0.05, 0.1) is 13.3 Å². The van der Waals surface area contributed by atoms with Crippen molar-refractivity contribution in [3.8, 4) is 11.5 Å². The fourth-order valence-electron chi connectivity index (χ4n) is 1.61. The molecule has 102 valence electrons. The van der Waals surface area contributed by atoms with Crippen molar-refractivity contribution in [2.24, 2.45) is 5.10 Å². The summed E-state index contributed by atoms with van der Waals surface area (Å²) in [5.41, 5.74) is 3.59. The predicted molar refractivity (Wildman–Crippen MR) is 76.2 cm³/mol. The van der Waals surface area contributed by atoms with E-state index in [9.17, 15) is 9.90 Å². The summed E-state index contributed by atoms with van der Waals surface area (Å²) in [5, 5.41) is 13.4. The van der Waals surface area contributed by atoms with Crippen molar-refractivity contribution in [1.29, 1.82) is 0 Å². The zero-order chi connectivity index (χ0) is 14.4. The zero-order valence-electron chi connectivity index (χ0n) is 10.9. The molecule has 0 aliphatic heterocycles. The van der Waals surface area contributed by atoms with Crippen LogP contribution in [0.4, 0.5) is 0 Å². The van der Waals surface area contributed by atoms with E-state index in [1.807, 2.05) is 6.07 Å². The van der Waals surface area contributed by atoms with Crippen LogP contribution in [0.15, 0.2) is 53.6 Å². The second-order valence-corrected chi connectivity index (χ2v) is 4.00. The largest absolute Gasteiger partial charge is 0.504 e. The van der Waals surface area contributed by atoms with Gasteiger partial charge in [-0.15, -0.1) is 0 Å². The number of phenolic OH excluding ortho intramolecular Hbond substituents is 1. The van der Waals surface area contributed by atoms with Gasteiger partial charge in [-0.05, 0) is 35.9 Å². The van der Waals surface area contributed by atoms with Crippen molar-refractivity contribution in [2.45, 2.75) is 0 Å². The summed E-state index contributed by atoms with van der Waals surface area (Å²) in [6.45, 7) is 0. The van der Waals surface area contributed by atoms with Crippen molar-refractivity contribution in [1.82, 2.24) is 5.43 Å². The van der Waals surface area contributed by atoms with Crippen molar-refractivity contribution in [3.05, 3.63) is 59.7 Å². The van der Waals surface area contributed by atoms with Gasteiger partial charge in [-0.25, -0.2) is 5.43 Å². The second-order valence-electron chi connectivity index (χ2n) is 4.00. The predicted octanol–water partition coefficient (Wildman–Crippen LogP) is 2.16. The highest BCUT2D eigenvalue weighted by atomic mass is 16.5. The molecule has 0 radical (unpaired) electrons. The van der Waals surface area contributed by atoms with E-state index in [0.717, 1.165) is 0 Å². The number of hydrazone groups is 1. The average Bonchev–Trinajstić information content (AvgIpc) is 2.48. The summed E-state index contributed by atoms with van der Waals surface area (Å²) >= 11 is 0. The molecular weight excluding hydrogens is 256 g/mol. The van der Waals surface area contributed by atoms with Gasteiger partial charge < -0.3 is 9.84 Å². The van der Waals surface area contributed by atoms with Gasteiger partial charge >= 0.3 is 0 Å². The van der Waals surface area contributed by atoms with E-state index in [-0.39, 0.29) is 11.7 Å². The number of benzene rings is 2. The maximum atomic E-state index is 11.7. The Balaban J connectivity index is 2.00. The molecular formula is C15H14N2O3. The van der Waals surface area contributed by atoms with Gasteiger partial charge in [0.25, 0.3) is 5.91 Å². The minimum absolute atomic E-state index is 0.0193. The lowest BCUT2D eigenvalue weighted by molar-refractivity contribution is 0.0955. The first-order valence-electron chi connectivity index (χ1n) is 5.96. The summed E-state index contributed by atoms with van der Waals surface area (Å²) in [6, 6.07) is 13.6. The molecule has 2 N–H and O–H groups in total. The first-order chi connectivity index (χ1) is 9.70. The van der Waals surface area contributed by atoms with Crippen molar-refractivity contribution < 1.29 is 14.6 Å². The van der Waals surface area contributed by atoms with E-state index in [2.05, 4.69) is 10.5 Å². The molecule has 0 fully saturated rings. The first-order valence-corrected chi connectivity index (χ1v) is 5.96. The molecule has 0 saturated heterocycles. The number of hydrogen-bond acceptors (Lipinski definition) is 4. The highest BCUT2D eigenvalue weighted by Gasteiger charge is 2.03. The van der Waals surface area contributed by atoms with Crippen molar-refractivity contribution >= 4 is 12.1 Å². The highest BCUT2D eigenvalue weighted by Crippen LogP contribution is 2.25. The molecule has 0 bridgehead atoms. The average molecular weight is 270 g/mol. The van der Waals surface area contributed by atoms with Gasteiger partial charge in [0.1, 0.15) is 0 Å². The van der Waals surface area contributed by atoms with Crippen LogP contribution in [0.1, 0.15) is 15.9 Å². The second kappa shape index (κ2) is 6.38. The van der Waals surface area contributed by atoms with Crippen molar-refractivity contribution in [3.63, 3.8) is 0 Å². The SMILES string of the molecule is COc1ccc(/C=N\NC(=O)c2ccccc2)cc1O. The minimum Gasteiger partial charge on any atom is -0.504 e. The van der Waals surface area contributed by atoms with Crippen molar-refractivity contribution in [2.75, 3.05) is 7.11 Å². The fraction of sp³-hybridized carbons (Fsp3) is 0.0667. The molecule has 1 amide bonds. The Labute approximate surface area is 116 Å². The van der Waals surface area contributed by atoms with Crippen LogP contribution in [0.25, 0.3) is 0 Å². The molecule has 2 rings (SSSR count). The Morgan fingerprint density at radius 1 is 1.25 bits per heavy atom. The van der Waals surface area contributed by atoms with Crippen LogP contribution in [0.5, 0.6) is 11.5 Å². The maximum Gasteiger partial charge on any atom is 0.271 e. The highest BCUT2D eigenvalue weighted by molar-refractivity contribution is 5.94. The number of carbonyl (C=O) groups excluding carboxylic acids is 1. The third kappa shape index (κ3) is 3.35. The topological polar surface area (TPSA) is 70.9 Å². The van der Waals surface area contributed by atoms with E-state index in [1.54, 1.807) is 36.4 Å². The number of nitrogens with one attached hydrogen (secondary N) is 1. The standard InChI is InChI=1S/C15H14N2O3/c1-20-14-8-7-11(9-13(14)18)10-16-17-15(19)12-5-3-2-4-6-12/h2-10,18H,1H3,(H,17,19)/b16-10-. The molecule has 5 nitrogen and oxygen atoms in total. The summed E-state index contributed by atoms with van der Waals surface area (Å²) in [5.74, 6) is 0.112. The lowest BCUT2D eigenvalue weighted by atomic mass is 10.2. The van der Waals surface area contributed by atoms with Gasteiger partial charge in [-0.3, -0.25) is 4.79 Å². The van der Waals surface area contributed by atoms with E-state index in [0.29, 0.717) is 16.9 Å². The number of ether oxygens (including phenoxy) is 1. The molecule has 2 aromatic carbocycles. The number of rotatable bonds is 4. The molecule has 0 aliphatic carbocycles. The van der Waals surface area contributed by atoms with E-state index < -0.39 is 0 Å². The van der Waals surface area contributed by atoms with Crippen LogP contribution in [0.3, 0.4) is 0 Å². The minimum atomic E-state index is -0.292. The lowest BCUT2D eigenvalue weighted by Gasteiger charge is -2.03. The number of aromatic hydroxyl groups is 1. The molecule has 20 heavy (non-hydrogen) atoms. The quantitative estimate of drug-likeness (QED) is 0.660. The van der Waals surface area contributed by atoms with Gasteiger partial charge in [0.15, 0.2) is 11.5 Å². The zero-order valence-corrected chi connectivity index (χ0v) is 10.9. The molecule has 0 heterocycles. The van der Waals surface area contributed by atoms with Crippen LogP contribution in [-0.2, 0) is 0 Å². The Bertz CT molecular complexity index is 624. The maximum absolute atomic E-state index is 11.7. The van der Waals surface area contributed by atoms with E-state index in [4.69, 9.17) is 4.74 Å². The molecule has 0 atom stereocenters. The van der Waals surface area contributed by atoms with Gasteiger partial charge in [0.2, 0.25) is 0 Å². The Morgan fingerprint density at radius 3 is 2.65 bits per heavy atom. The third-order valence-electron chi connectivity index (χ3n) is 2.62. The van der Waals surface area contributed by atoms with Crippen LogP contribution < -0.4 is 10.2 Å². The van der Waals surface area contributed by atoms with E-state index in [1.165, 1.54) is 19.4 Å². The van der Waals surface area contributed by atoms with Gasteiger partial charge in [-0.2, -0.15) is 5.10 Å². The summed E-state index contributed by atoms with van der Waals surface area (Å²) in [7, 11) is 1.48. The Hall–Kier alpha value is -2.82. The smallest absolute Gasteiger partial charge is 0.271 e. The fourth-order valence-corrected chi connectivity index (χ4v) is 1.61. The lowest BCUT2D eigenvalue weighted by Crippen LogP contribution is -2.17. The number of carbonyl (C=O) groups is 1. The molecule has 0 spiro atoms. The number of methoxy groups -OCH3 is 1. The number of nitrogens with zero attached hydrogens (tertiary/aromatic N) is 1. The molecule has 2 aromatic rings. The number of phenols is 1. The van der Waals surface area contributed by atoms with Gasteiger partial charge in [-0.1, -0.05) is 18.2 Å². The molecule has 0 aliphatic rings. The monoisotopic (exact) mass is 270 g/mol. The van der Waals surface area contributed by atoms with Crippen LogP contribution in [-0.4, -0.2) is 24.3 Å². The number of hydrogen-bond donors (Lipinski definition) is 2. The van der Waals surface area contributed by atoms with Crippen LogP contribution in [0, 0.1) is 0 Å². The first kappa shape index (κ1) is 13.6. The third-order valence-corrected chi connectivity index (χ3v) is 2.62.